The third-order valence-electron chi connectivity index (χ3n) is 4.05. The number of rotatable bonds is 6. The lowest BCUT2D eigenvalue weighted by Crippen LogP contribution is -2.25. The minimum atomic E-state index is -1.00. The maximum atomic E-state index is 12.7. The molecule has 1 aromatic heterocycles. The summed E-state index contributed by atoms with van der Waals surface area (Å²) in [6, 6.07) is 7.04. The van der Waals surface area contributed by atoms with E-state index in [0.29, 0.717) is 22.4 Å². The van der Waals surface area contributed by atoms with E-state index in [1.165, 1.54) is 25.8 Å². The molecule has 0 fully saturated rings. The Bertz CT molecular complexity index is 856. The number of thioether (sulfide) groups is 1. The van der Waals surface area contributed by atoms with Crippen molar-refractivity contribution in [3.8, 4) is 0 Å². The number of ketones is 1. The number of carbonyl (C=O) groups excluding carboxylic acids is 3. The van der Waals surface area contributed by atoms with E-state index in [4.69, 9.17) is 9.47 Å². The van der Waals surface area contributed by atoms with E-state index in [0.717, 1.165) is 4.90 Å². The quantitative estimate of drug-likeness (QED) is 0.472. The van der Waals surface area contributed by atoms with E-state index in [1.807, 2.05) is 18.4 Å². The molecule has 0 radical (unpaired) electrons. The van der Waals surface area contributed by atoms with Gasteiger partial charge in [-0.15, -0.1) is 11.8 Å². The number of aromatic nitrogens is 1. The third-order valence-corrected chi connectivity index (χ3v) is 4.85. The Labute approximate surface area is 156 Å². The Balaban J connectivity index is 2.23. The second-order valence-electron chi connectivity index (χ2n) is 5.73. The second-order valence-corrected chi connectivity index (χ2v) is 6.58. The molecular formula is C19H21NO5S. The Morgan fingerprint density at radius 3 is 2.38 bits per heavy atom. The average Bonchev–Trinajstić information content (AvgIpc) is 2.94. The van der Waals surface area contributed by atoms with Gasteiger partial charge in [0.2, 0.25) is 5.78 Å². The summed E-state index contributed by atoms with van der Waals surface area (Å²) in [6.07, 6.45) is 0.861. The van der Waals surface area contributed by atoms with Crippen LogP contribution >= 0.6 is 11.8 Å². The first-order valence-corrected chi connectivity index (χ1v) is 9.20. The summed E-state index contributed by atoms with van der Waals surface area (Å²) >= 11 is 1.43. The number of hydrogen-bond acceptors (Lipinski definition) is 6. The van der Waals surface area contributed by atoms with E-state index in [2.05, 4.69) is 4.98 Å². The van der Waals surface area contributed by atoms with Gasteiger partial charge in [-0.05, 0) is 44.7 Å². The van der Waals surface area contributed by atoms with Gasteiger partial charge in [-0.1, -0.05) is 12.1 Å². The van der Waals surface area contributed by atoms with Crippen LogP contribution in [0.25, 0.3) is 0 Å². The minimum absolute atomic E-state index is 0.237. The van der Waals surface area contributed by atoms with Crippen LogP contribution in [0.3, 0.4) is 0 Å². The van der Waals surface area contributed by atoms with Crippen molar-refractivity contribution in [1.29, 1.82) is 0 Å². The Kier molecular flexibility index (Phi) is 6.26. The Morgan fingerprint density at radius 1 is 1.12 bits per heavy atom. The van der Waals surface area contributed by atoms with Gasteiger partial charge in [0.25, 0.3) is 0 Å². The van der Waals surface area contributed by atoms with Crippen LogP contribution in [0.2, 0.25) is 0 Å². The number of aryl methyl sites for hydroxylation is 1. The average molecular weight is 375 g/mol. The van der Waals surface area contributed by atoms with Crippen molar-refractivity contribution in [2.45, 2.75) is 31.8 Å². The smallest absolute Gasteiger partial charge is 0.339 e. The number of methoxy groups -OCH3 is 1. The molecule has 0 bridgehead atoms. The number of ether oxygens (including phenoxy) is 2. The number of hydrogen-bond donors (Lipinski definition) is 1. The van der Waals surface area contributed by atoms with Crippen molar-refractivity contribution < 1.29 is 23.9 Å². The van der Waals surface area contributed by atoms with Crippen molar-refractivity contribution in [1.82, 2.24) is 4.98 Å². The summed E-state index contributed by atoms with van der Waals surface area (Å²) < 4.78 is 10.1. The van der Waals surface area contributed by atoms with Crippen LogP contribution in [-0.2, 0) is 9.47 Å². The summed E-state index contributed by atoms with van der Waals surface area (Å²) in [5.41, 5.74) is 1.98. The van der Waals surface area contributed by atoms with Crippen LogP contribution in [0.1, 0.15) is 49.4 Å². The molecule has 7 heteroatoms. The molecule has 6 nitrogen and oxygen atoms in total. The predicted molar refractivity (Wildman–Crippen MR) is 99.0 cm³/mol. The maximum Gasteiger partial charge on any atom is 0.339 e. The zero-order valence-electron chi connectivity index (χ0n) is 15.3. The van der Waals surface area contributed by atoms with Gasteiger partial charge in [0.05, 0.1) is 23.9 Å². The molecule has 0 amide bonds. The number of aromatic amines is 1. The zero-order valence-corrected chi connectivity index (χ0v) is 16.2. The van der Waals surface area contributed by atoms with Crippen LogP contribution < -0.4 is 0 Å². The summed E-state index contributed by atoms with van der Waals surface area (Å²) in [6.45, 7) is 4.84. The molecule has 2 rings (SSSR count). The first-order chi connectivity index (χ1) is 12.3. The molecule has 1 atom stereocenters. The van der Waals surface area contributed by atoms with Gasteiger partial charge in [0.15, 0.2) is 6.10 Å². The highest BCUT2D eigenvalue weighted by Crippen LogP contribution is 2.23. The monoisotopic (exact) mass is 375 g/mol. The molecule has 0 saturated carbocycles. The number of benzene rings is 1. The van der Waals surface area contributed by atoms with E-state index in [9.17, 15) is 14.4 Å². The number of Topliss-reactive ketones (excluding diaryl/α,β-unsaturated/α-hetero) is 1. The van der Waals surface area contributed by atoms with Crippen LogP contribution in [0.4, 0.5) is 0 Å². The van der Waals surface area contributed by atoms with Crippen LogP contribution in [-0.4, -0.2) is 42.2 Å². The molecule has 0 saturated heterocycles. The number of H-pyrrole nitrogens is 1. The highest BCUT2D eigenvalue weighted by Gasteiger charge is 2.28. The van der Waals surface area contributed by atoms with Crippen molar-refractivity contribution >= 4 is 29.5 Å². The largest absolute Gasteiger partial charge is 0.465 e. The number of esters is 2. The molecule has 0 spiro atoms. The molecule has 0 aliphatic carbocycles. The summed E-state index contributed by atoms with van der Waals surface area (Å²) in [7, 11) is 1.28. The van der Waals surface area contributed by atoms with Crippen molar-refractivity contribution in [2.24, 2.45) is 0 Å². The molecule has 0 unspecified atom stereocenters. The molecule has 1 N–H and O–H groups in total. The Morgan fingerprint density at radius 2 is 1.77 bits per heavy atom. The van der Waals surface area contributed by atoms with Gasteiger partial charge < -0.3 is 14.5 Å². The molecule has 0 aliphatic rings. The summed E-state index contributed by atoms with van der Waals surface area (Å²) in [5.74, 6) is -1.49. The van der Waals surface area contributed by atoms with Gasteiger partial charge in [0, 0.05) is 10.6 Å². The van der Waals surface area contributed by atoms with E-state index < -0.39 is 23.8 Å². The molecule has 1 aromatic carbocycles. The summed E-state index contributed by atoms with van der Waals surface area (Å²) in [5, 5.41) is 0. The summed E-state index contributed by atoms with van der Waals surface area (Å²) in [4.78, 5) is 40.6. The first-order valence-electron chi connectivity index (χ1n) is 7.97. The maximum absolute atomic E-state index is 12.7. The fourth-order valence-corrected chi connectivity index (χ4v) is 3.28. The lowest BCUT2D eigenvalue weighted by atomic mass is 10.1. The number of nitrogens with one attached hydrogen (secondary N) is 1. The standard InChI is InChI=1S/C19H21NO5S/c1-10-15(19(23)24-4)11(2)20-16(10)17(21)12(3)25-18(22)13-8-6-7-9-14(13)26-5/h6-9,12,20H,1-5H3/t12-/m0/s1. The molecular weight excluding hydrogens is 354 g/mol. The van der Waals surface area contributed by atoms with Gasteiger partial charge in [-0.3, -0.25) is 4.79 Å². The van der Waals surface area contributed by atoms with Crippen molar-refractivity contribution in [2.75, 3.05) is 13.4 Å². The van der Waals surface area contributed by atoms with E-state index in [-0.39, 0.29) is 5.69 Å². The van der Waals surface area contributed by atoms with Crippen LogP contribution in [0, 0.1) is 13.8 Å². The SMILES string of the molecule is COC(=O)c1c(C)[nH]c(C(=O)[C@H](C)OC(=O)c2ccccc2SC)c1C. The zero-order chi connectivity index (χ0) is 19.4. The van der Waals surface area contributed by atoms with E-state index >= 15 is 0 Å². The molecule has 138 valence electrons. The van der Waals surface area contributed by atoms with Crippen molar-refractivity contribution in [3.05, 3.63) is 52.3 Å². The molecule has 0 aliphatic heterocycles. The topological polar surface area (TPSA) is 85.5 Å². The minimum Gasteiger partial charge on any atom is -0.465 e. The van der Waals surface area contributed by atoms with E-state index in [1.54, 1.807) is 26.0 Å². The highest BCUT2D eigenvalue weighted by atomic mass is 32.2. The first kappa shape index (κ1) is 19.8. The molecule has 2 aromatic rings. The van der Waals surface area contributed by atoms with Gasteiger partial charge in [0.1, 0.15) is 0 Å². The van der Waals surface area contributed by atoms with Crippen LogP contribution in [0.5, 0.6) is 0 Å². The highest BCUT2D eigenvalue weighted by molar-refractivity contribution is 7.98. The predicted octanol–water partition coefficient (Wildman–Crippen LogP) is 3.57. The Hall–Kier alpha value is -2.54. The van der Waals surface area contributed by atoms with Gasteiger partial charge in [-0.2, -0.15) is 0 Å². The fourth-order valence-electron chi connectivity index (χ4n) is 2.70. The van der Waals surface area contributed by atoms with Gasteiger partial charge in [-0.25, -0.2) is 9.59 Å². The lowest BCUT2D eigenvalue weighted by molar-refractivity contribution is 0.0313. The van der Waals surface area contributed by atoms with Crippen LogP contribution in [0.15, 0.2) is 29.2 Å². The molecule has 26 heavy (non-hydrogen) atoms. The molecule has 1 heterocycles. The van der Waals surface area contributed by atoms with Gasteiger partial charge >= 0.3 is 11.9 Å². The second kappa shape index (κ2) is 8.23. The normalized spacial score (nSPS) is 11.7. The fraction of sp³-hybridized carbons (Fsp3) is 0.316. The van der Waals surface area contributed by atoms with Crippen molar-refractivity contribution in [3.63, 3.8) is 0 Å². The number of carbonyl (C=O) groups is 3. The lowest BCUT2D eigenvalue weighted by Gasteiger charge is -2.13. The third kappa shape index (κ3) is 3.83.